The molecule has 114 valence electrons. The average molecular weight is 296 g/mol. The normalized spacial score (nSPS) is 10.6. The molecule has 0 aliphatic carbocycles. The summed E-state index contributed by atoms with van der Waals surface area (Å²) in [5, 5.41) is 6.88. The Hall–Kier alpha value is -0.970. The summed E-state index contributed by atoms with van der Waals surface area (Å²) < 4.78 is 0. The Labute approximate surface area is 127 Å². The van der Waals surface area contributed by atoms with Gasteiger partial charge in [0.25, 0.3) is 0 Å². The Morgan fingerprint density at radius 1 is 1.00 bits per heavy atom. The molecule has 0 radical (unpaired) electrons. The summed E-state index contributed by atoms with van der Waals surface area (Å²) >= 11 is 1.91. The van der Waals surface area contributed by atoms with Crippen molar-refractivity contribution in [2.24, 2.45) is 0 Å². The molecule has 0 aliphatic rings. The van der Waals surface area contributed by atoms with Gasteiger partial charge in [-0.15, -0.1) is 0 Å². The lowest BCUT2D eigenvalue weighted by atomic mass is 10.1. The lowest BCUT2D eigenvalue weighted by Crippen LogP contribution is -2.11. The number of nitrogens with one attached hydrogen (secondary N) is 2. The molecule has 0 aromatic carbocycles. The number of anilines is 2. The molecule has 1 rings (SSSR count). The van der Waals surface area contributed by atoms with Crippen molar-refractivity contribution in [1.29, 1.82) is 0 Å². The van der Waals surface area contributed by atoms with Crippen LogP contribution in [0.4, 0.5) is 11.6 Å². The van der Waals surface area contributed by atoms with E-state index in [1.54, 1.807) is 6.33 Å². The number of rotatable bonds is 11. The Morgan fingerprint density at radius 2 is 1.70 bits per heavy atom. The second-order valence-corrected chi connectivity index (χ2v) is 5.84. The molecule has 0 atom stereocenters. The van der Waals surface area contributed by atoms with Crippen molar-refractivity contribution < 1.29 is 0 Å². The number of unbranched alkanes of at least 4 members (excludes halogenated alkanes) is 1. The predicted molar refractivity (Wildman–Crippen MR) is 90.9 cm³/mol. The van der Waals surface area contributed by atoms with Crippen LogP contribution in [0.5, 0.6) is 0 Å². The average Bonchev–Trinajstić information content (AvgIpc) is 2.47. The summed E-state index contributed by atoms with van der Waals surface area (Å²) in [5.74, 6) is 3.23. The van der Waals surface area contributed by atoms with Crippen LogP contribution in [0.15, 0.2) is 6.33 Å². The van der Waals surface area contributed by atoms with Gasteiger partial charge in [0.15, 0.2) is 0 Å². The zero-order chi connectivity index (χ0) is 14.6. The first-order valence-electron chi connectivity index (χ1n) is 7.64. The zero-order valence-electron chi connectivity index (χ0n) is 13.0. The van der Waals surface area contributed by atoms with Gasteiger partial charge in [-0.2, -0.15) is 11.8 Å². The molecule has 0 saturated heterocycles. The minimum atomic E-state index is 0.959. The van der Waals surface area contributed by atoms with Gasteiger partial charge >= 0.3 is 0 Å². The van der Waals surface area contributed by atoms with Crippen molar-refractivity contribution in [2.75, 3.05) is 35.7 Å². The SMILES string of the molecule is CCCNc1ncnc(NCCCCSC)c1CCC. The van der Waals surface area contributed by atoms with Crippen molar-refractivity contribution in [1.82, 2.24) is 9.97 Å². The van der Waals surface area contributed by atoms with Crippen molar-refractivity contribution >= 4 is 23.4 Å². The largest absolute Gasteiger partial charge is 0.370 e. The highest BCUT2D eigenvalue weighted by atomic mass is 32.2. The van der Waals surface area contributed by atoms with Crippen molar-refractivity contribution in [2.45, 2.75) is 46.0 Å². The maximum atomic E-state index is 4.42. The second-order valence-electron chi connectivity index (χ2n) is 4.85. The standard InChI is InChI=1S/C15H28N4S/c1-4-8-13-14(16-9-5-2)18-12-19-15(13)17-10-6-7-11-20-3/h12H,4-11H2,1-3H3,(H2,16,17,18,19). The van der Waals surface area contributed by atoms with Crippen LogP contribution in [0.3, 0.4) is 0 Å². The summed E-state index contributed by atoms with van der Waals surface area (Å²) in [7, 11) is 0. The van der Waals surface area contributed by atoms with Crippen LogP contribution in [0.2, 0.25) is 0 Å². The molecular formula is C15H28N4S. The van der Waals surface area contributed by atoms with E-state index in [2.05, 4.69) is 40.7 Å². The Bertz CT molecular complexity index is 371. The first-order valence-corrected chi connectivity index (χ1v) is 9.03. The lowest BCUT2D eigenvalue weighted by Gasteiger charge is -2.14. The fraction of sp³-hybridized carbons (Fsp3) is 0.733. The van der Waals surface area contributed by atoms with Crippen LogP contribution in [0.25, 0.3) is 0 Å². The molecule has 5 heteroatoms. The highest BCUT2D eigenvalue weighted by molar-refractivity contribution is 7.98. The molecule has 0 saturated carbocycles. The molecule has 0 fully saturated rings. The van der Waals surface area contributed by atoms with E-state index in [-0.39, 0.29) is 0 Å². The highest BCUT2D eigenvalue weighted by Crippen LogP contribution is 2.21. The summed E-state index contributed by atoms with van der Waals surface area (Å²) in [6.07, 6.45) is 9.48. The van der Waals surface area contributed by atoms with Crippen LogP contribution in [-0.4, -0.2) is 35.1 Å². The third-order valence-corrected chi connectivity index (χ3v) is 3.75. The van der Waals surface area contributed by atoms with Crippen LogP contribution < -0.4 is 10.6 Å². The van der Waals surface area contributed by atoms with Gasteiger partial charge in [0.1, 0.15) is 18.0 Å². The molecule has 1 aromatic heterocycles. The molecule has 2 N–H and O–H groups in total. The van der Waals surface area contributed by atoms with Gasteiger partial charge in [0.05, 0.1) is 0 Å². The number of nitrogens with zero attached hydrogens (tertiary/aromatic N) is 2. The van der Waals surface area contributed by atoms with E-state index in [1.807, 2.05) is 11.8 Å². The summed E-state index contributed by atoms with van der Waals surface area (Å²) in [5.41, 5.74) is 1.23. The lowest BCUT2D eigenvalue weighted by molar-refractivity contribution is 0.830. The minimum absolute atomic E-state index is 0.959. The second kappa shape index (κ2) is 10.8. The summed E-state index contributed by atoms with van der Waals surface area (Å²) in [4.78, 5) is 8.80. The van der Waals surface area contributed by atoms with E-state index in [4.69, 9.17) is 0 Å². The molecule has 0 spiro atoms. The minimum Gasteiger partial charge on any atom is -0.370 e. The molecule has 0 aliphatic heterocycles. The van der Waals surface area contributed by atoms with Gasteiger partial charge in [-0.3, -0.25) is 0 Å². The third kappa shape index (κ3) is 5.99. The van der Waals surface area contributed by atoms with Crippen molar-refractivity contribution in [3.05, 3.63) is 11.9 Å². The number of hydrogen-bond donors (Lipinski definition) is 2. The third-order valence-electron chi connectivity index (χ3n) is 3.06. The quantitative estimate of drug-likeness (QED) is 0.608. The fourth-order valence-electron chi connectivity index (χ4n) is 2.03. The van der Waals surface area contributed by atoms with Crippen LogP contribution >= 0.6 is 11.8 Å². The van der Waals surface area contributed by atoms with Crippen LogP contribution in [-0.2, 0) is 6.42 Å². The first kappa shape index (κ1) is 17.1. The van der Waals surface area contributed by atoms with E-state index in [9.17, 15) is 0 Å². The van der Waals surface area contributed by atoms with Gasteiger partial charge in [0.2, 0.25) is 0 Å². The van der Waals surface area contributed by atoms with Crippen LogP contribution in [0, 0.1) is 0 Å². The van der Waals surface area contributed by atoms with Crippen molar-refractivity contribution in [3.8, 4) is 0 Å². The zero-order valence-corrected chi connectivity index (χ0v) is 13.9. The molecular weight excluding hydrogens is 268 g/mol. The summed E-state index contributed by atoms with van der Waals surface area (Å²) in [6.45, 7) is 6.31. The van der Waals surface area contributed by atoms with Gasteiger partial charge in [0, 0.05) is 18.7 Å². The molecule has 20 heavy (non-hydrogen) atoms. The monoisotopic (exact) mass is 296 g/mol. The number of thioether (sulfide) groups is 1. The van der Waals surface area contributed by atoms with Gasteiger partial charge < -0.3 is 10.6 Å². The van der Waals surface area contributed by atoms with Gasteiger partial charge in [-0.05, 0) is 37.7 Å². The predicted octanol–water partition coefficient (Wildman–Crippen LogP) is 3.81. The smallest absolute Gasteiger partial charge is 0.134 e. The number of aromatic nitrogens is 2. The van der Waals surface area contributed by atoms with Crippen molar-refractivity contribution in [3.63, 3.8) is 0 Å². The highest BCUT2D eigenvalue weighted by Gasteiger charge is 2.09. The van der Waals surface area contributed by atoms with E-state index >= 15 is 0 Å². The topological polar surface area (TPSA) is 49.8 Å². The maximum absolute atomic E-state index is 4.42. The van der Waals surface area contributed by atoms with Gasteiger partial charge in [-0.25, -0.2) is 9.97 Å². The first-order chi connectivity index (χ1) is 9.83. The van der Waals surface area contributed by atoms with E-state index in [0.717, 1.165) is 44.0 Å². The van der Waals surface area contributed by atoms with E-state index in [0.29, 0.717) is 0 Å². The Morgan fingerprint density at radius 3 is 2.30 bits per heavy atom. The Kier molecular flexibility index (Phi) is 9.20. The molecule has 0 amide bonds. The number of hydrogen-bond acceptors (Lipinski definition) is 5. The van der Waals surface area contributed by atoms with E-state index < -0.39 is 0 Å². The van der Waals surface area contributed by atoms with Gasteiger partial charge in [-0.1, -0.05) is 20.3 Å². The molecule has 0 unspecified atom stereocenters. The molecule has 1 heterocycles. The molecule has 0 bridgehead atoms. The summed E-state index contributed by atoms with van der Waals surface area (Å²) in [6, 6.07) is 0. The molecule has 4 nitrogen and oxygen atoms in total. The maximum Gasteiger partial charge on any atom is 0.134 e. The van der Waals surface area contributed by atoms with Crippen LogP contribution in [0.1, 0.15) is 45.1 Å². The Balaban J connectivity index is 2.62. The fourth-order valence-corrected chi connectivity index (χ4v) is 2.52. The van der Waals surface area contributed by atoms with E-state index in [1.165, 1.54) is 24.2 Å². The molecule has 1 aromatic rings.